The van der Waals surface area contributed by atoms with Crippen molar-refractivity contribution >= 4 is 29.1 Å². The molecule has 0 aliphatic carbocycles. The average Bonchev–Trinajstić information content (AvgIpc) is 2.64. The van der Waals surface area contributed by atoms with Gasteiger partial charge in [-0.2, -0.15) is 0 Å². The monoisotopic (exact) mass is 374 g/mol. The summed E-state index contributed by atoms with van der Waals surface area (Å²) in [5, 5.41) is 5.95. The van der Waals surface area contributed by atoms with Gasteiger partial charge in [-0.1, -0.05) is 35.9 Å². The third kappa shape index (κ3) is 4.99. The molecule has 0 fully saturated rings. The highest BCUT2D eigenvalue weighted by atomic mass is 35.5. The fourth-order valence-electron chi connectivity index (χ4n) is 2.28. The number of ether oxygens (including phenoxy) is 1. The molecule has 0 radical (unpaired) electrons. The summed E-state index contributed by atoms with van der Waals surface area (Å²) in [6.07, 6.45) is 0.665. The van der Waals surface area contributed by atoms with E-state index in [9.17, 15) is 9.59 Å². The minimum Gasteiger partial charge on any atom is -0.497 e. The molecule has 0 bridgehead atoms. The Balaban J connectivity index is 1.89. The summed E-state index contributed by atoms with van der Waals surface area (Å²) in [5.74, 6) is 0.0401. The van der Waals surface area contributed by atoms with E-state index in [1.807, 2.05) is 24.3 Å². The van der Waals surface area contributed by atoms with Gasteiger partial charge in [0.2, 0.25) is 11.8 Å². The van der Waals surface area contributed by atoms with Crippen LogP contribution >= 0.6 is 11.6 Å². The highest BCUT2D eigenvalue weighted by Gasteiger charge is 2.36. The van der Waals surface area contributed by atoms with Crippen LogP contribution in [0, 0.1) is 5.41 Å². The minimum atomic E-state index is -1.22. The van der Waals surface area contributed by atoms with Crippen LogP contribution in [-0.2, 0) is 16.0 Å². The van der Waals surface area contributed by atoms with Crippen molar-refractivity contribution in [2.24, 2.45) is 5.41 Å². The molecule has 0 aliphatic rings. The predicted molar refractivity (Wildman–Crippen MR) is 104 cm³/mol. The van der Waals surface area contributed by atoms with Gasteiger partial charge in [-0.05, 0) is 50.1 Å². The van der Waals surface area contributed by atoms with Crippen LogP contribution in [0.4, 0.5) is 5.69 Å². The Morgan fingerprint density at radius 1 is 1.04 bits per heavy atom. The highest BCUT2D eigenvalue weighted by molar-refractivity contribution is 6.33. The fourth-order valence-corrected chi connectivity index (χ4v) is 2.46. The van der Waals surface area contributed by atoms with E-state index in [0.29, 0.717) is 23.7 Å². The maximum atomic E-state index is 12.5. The summed E-state index contributed by atoms with van der Waals surface area (Å²) < 4.78 is 5.12. The van der Waals surface area contributed by atoms with E-state index in [0.717, 1.165) is 11.3 Å². The molecule has 2 aromatic carbocycles. The molecule has 2 aromatic rings. The number of nitrogens with one attached hydrogen (secondary N) is 2. The van der Waals surface area contributed by atoms with E-state index in [-0.39, 0.29) is 5.91 Å². The molecular formula is C20H23ClN2O3. The lowest BCUT2D eigenvalue weighted by atomic mass is 9.91. The van der Waals surface area contributed by atoms with Crippen molar-refractivity contribution in [3.05, 3.63) is 59.1 Å². The van der Waals surface area contributed by atoms with Crippen molar-refractivity contribution in [2.45, 2.75) is 20.3 Å². The van der Waals surface area contributed by atoms with Gasteiger partial charge >= 0.3 is 0 Å². The van der Waals surface area contributed by atoms with E-state index in [1.54, 1.807) is 45.2 Å². The summed E-state index contributed by atoms with van der Waals surface area (Å²) in [6.45, 7) is 3.61. The summed E-state index contributed by atoms with van der Waals surface area (Å²) >= 11 is 6.05. The maximum absolute atomic E-state index is 12.5. The second kappa shape index (κ2) is 8.72. The molecule has 0 saturated carbocycles. The van der Waals surface area contributed by atoms with Crippen molar-refractivity contribution in [3.8, 4) is 5.75 Å². The van der Waals surface area contributed by atoms with Gasteiger partial charge < -0.3 is 15.4 Å². The first kappa shape index (κ1) is 19.8. The Bertz CT molecular complexity index is 773. The first-order chi connectivity index (χ1) is 12.3. The van der Waals surface area contributed by atoms with E-state index < -0.39 is 11.3 Å². The second-order valence-electron chi connectivity index (χ2n) is 6.41. The molecule has 0 aliphatic heterocycles. The first-order valence-electron chi connectivity index (χ1n) is 8.32. The van der Waals surface area contributed by atoms with Gasteiger partial charge in [-0.25, -0.2) is 0 Å². The Hall–Kier alpha value is -2.53. The fraction of sp³-hybridized carbons (Fsp3) is 0.300. The zero-order chi connectivity index (χ0) is 19.2. The molecule has 2 rings (SSSR count). The molecule has 0 unspecified atom stereocenters. The third-order valence-corrected chi connectivity index (χ3v) is 4.45. The molecule has 0 heterocycles. The topological polar surface area (TPSA) is 67.4 Å². The van der Waals surface area contributed by atoms with Gasteiger partial charge in [0, 0.05) is 6.54 Å². The smallest absolute Gasteiger partial charge is 0.239 e. The second-order valence-corrected chi connectivity index (χ2v) is 6.82. The van der Waals surface area contributed by atoms with Gasteiger partial charge in [0.25, 0.3) is 0 Å². The molecule has 2 amide bonds. The number of hydrogen-bond donors (Lipinski definition) is 2. The van der Waals surface area contributed by atoms with E-state index in [2.05, 4.69) is 10.6 Å². The van der Waals surface area contributed by atoms with Crippen LogP contribution in [-0.4, -0.2) is 25.5 Å². The number of amides is 2. The average molecular weight is 375 g/mol. The molecule has 6 heteroatoms. The summed E-state index contributed by atoms with van der Waals surface area (Å²) in [5.41, 5.74) is 0.335. The molecule has 0 saturated heterocycles. The lowest BCUT2D eigenvalue weighted by Gasteiger charge is -2.23. The zero-order valence-corrected chi connectivity index (χ0v) is 15.9. The van der Waals surface area contributed by atoms with Crippen LogP contribution in [0.1, 0.15) is 19.4 Å². The minimum absolute atomic E-state index is 0.337. The molecule has 0 spiro atoms. The zero-order valence-electron chi connectivity index (χ0n) is 15.1. The van der Waals surface area contributed by atoms with Crippen molar-refractivity contribution in [1.82, 2.24) is 5.32 Å². The molecule has 2 N–H and O–H groups in total. The van der Waals surface area contributed by atoms with Gasteiger partial charge in [-0.3, -0.25) is 9.59 Å². The molecule has 26 heavy (non-hydrogen) atoms. The Morgan fingerprint density at radius 3 is 2.31 bits per heavy atom. The summed E-state index contributed by atoms with van der Waals surface area (Å²) in [7, 11) is 1.62. The SMILES string of the molecule is COc1ccc(CCNC(=O)C(C)(C)C(=O)Nc2ccccc2Cl)cc1. The standard InChI is InChI=1S/C20H23ClN2O3/c1-20(2,19(25)23-17-7-5-4-6-16(17)21)18(24)22-13-12-14-8-10-15(26-3)11-9-14/h4-11H,12-13H2,1-3H3,(H,22,24)(H,23,25). The Kier molecular flexibility index (Phi) is 6.64. The van der Waals surface area contributed by atoms with Crippen LogP contribution in [0.2, 0.25) is 5.02 Å². The maximum Gasteiger partial charge on any atom is 0.239 e. The van der Waals surface area contributed by atoms with Gasteiger partial charge in [-0.15, -0.1) is 0 Å². The summed E-state index contributed by atoms with van der Waals surface area (Å²) in [6, 6.07) is 14.5. The molecule has 0 aromatic heterocycles. The van der Waals surface area contributed by atoms with Crippen LogP contribution in [0.3, 0.4) is 0 Å². The molecule has 0 atom stereocenters. The molecule has 138 valence electrons. The molecule has 5 nitrogen and oxygen atoms in total. The third-order valence-electron chi connectivity index (χ3n) is 4.12. The van der Waals surface area contributed by atoms with Crippen molar-refractivity contribution in [1.29, 1.82) is 0 Å². The predicted octanol–water partition coefficient (Wildman–Crippen LogP) is 3.67. The van der Waals surface area contributed by atoms with Crippen LogP contribution in [0.25, 0.3) is 0 Å². The number of anilines is 1. The van der Waals surface area contributed by atoms with Crippen LogP contribution in [0.15, 0.2) is 48.5 Å². The largest absolute Gasteiger partial charge is 0.497 e. The first-order valence-corrected chi connectivity index (χ1v) is 8.69. The van der Waals surface area contributed by atoms with Gasteiger partial charge in [0.1, 0.15) is 11.2 Å². The van der Waals surface area contributed by atoms with Crippen molar-refractivity contribution in [3.63, 3.8) is 0 Å². The number of hydrogen-bond acceptors (Lipinski definition) is 3. The van der Waals surface area contributed by atoms with Gasteiger partial charge in [0.05, 0.1) is 17.8 Å². The summed E-state index contributed by atoms with van der Waals surface area (Å²) in [4.78, 5) is 24.9. The number of para-hydroxylation sites is 1. The lowest BCUT2D eigenvalue weighted by Crippen LogP contribution is -2.45. The quantitative estimate of drug-likeness (QED) is 0.726. The van der Waals surface area contributed by atoms with E-state index in [4.69, 9.17) is 16.3 Å². The number of carbonyl (C=O) groups excluding carboxylic acids is 2. The normalized spacial score (nSPS) is 10.9. The van der Waals surface area contributed by atoms with Crippen LogP contribution < -0.4 is 15.4 Å². The van der Waals surface area contributed by atoms with Crippen molar-refractivity contribution in [2.75, 3.05) is 19.0 Å². The Labute approximate surface area is 158 Å². The van der Waals surface area contributed by atoms with E-state index in [1.165, 1.54) is 0 Å². The molecular weight excluding hydrogens is 352 g/mol. The van der Waals surface area contributed by atoms with E-state index >= 15 is 0 Å². The van der Waals surface area contributed by atoms with Crippen molar-refractivity contribution < 1.29 is 14.3 Å². The lowest BCUT2D eigenvalue weighted by molar-refractivity contribution is -0.138. The Morgan fingerprint density at radius 2 is 1.69 bits per heavy atom. The number of rotatable bonds is 7. The number of benzene rings is 2. The number of methoxy groups -OCH3 is 1. The number of carbonyl (C=O) groups is 2. The van der Waals surface area contributed by atoms with Crippen LogP contribution in [0.5, 0.6) is 5.75 Å². The number of halogens is 1. The van der Waals surface area contributed by atoms with Gasteiger partial charge in [0.15, 0.2) is 0 Å². The highest BCUT2D eigenvalue weighted by Crippen LogP contribution is 2.24.